The molecular weight excluding hydrogens is 599 g/mol. The first-order valence-electron chi connectivity index (χ1n) is 15.1. The summed E-state index contributed by atoms with van der Waals surface area (Å²) in [7, 11) is 3.89. The maximum Gasteiger partial charge on any atom is 0.319 e. The molecule has 0 radical (unpaired) electrons. The molecule has 236 valence electrons. The van der Waals surface area contributed by atoms with Crippen LogP contribution in [0.3, 0.4) is 0 Å². The van der Waals surface area contributed by atoms with Gasteiger partial charge in [-0.05, 0) is 45.1 Å². The van der Waals surface area contributed by atoms with Crippen molar-refractivity contribution in [1.29, 1.82) is 0 Å². The second-order valence-corrected chi connectivity index (χ2v) is 12.1. The topological polar surface area (TPSA) is 111 Å². The summed E-state index contributed by atoms with van der Waals surface area (Å²) in [5.74, 6) is -0.0608. The molecule has 4 heterocycles. The molecular formula is C32H36ClFN8O3. The normalized spacial score (nSPS) is 15.9. The van der Waals surface area contributed by atoms with Gasteiger partial charge in [-0.15, -0.1) is 0 Å². The van der Waals surface area contributed by atoms with Crippen LogP contribution in [-0.2, 0) is 9.59 Å². The van der Waals surface area contributed by atoms with Crippen LogP contribution in [0.2, 0.25) is 5.02 Å². The number of likely N-dealkylation sites (tertiary alicyclic amines) is 1. The molecule has 0 bridgehead atoms. The lowest BCUT2D eigenvalue weighted by molar-refractivity contribution is -0.128. The van der Waals surface area contributed by atoms with Gasteiger partial charge in [-0.3, -0.25) is 14.7 Å². The van der Waals surface area contributed by atoms with Crippen molar-refractivity contribution in [2.24, 2.45) is 0 Å². The lowest BCUT2D eigenvalue weighted by Gasteiger charge is -2.35. The zero-order chi connectivity index (χ0) is 31.7. The molecule has 2 amide bonds. The Kier molecular flexibility index (Phi) is 8.86. The number of rotatable bonds is 9. The number of carbonyl (C=O) groups excluding carboxylic acids is 2. The van der Waals surface area contributed by atoms with E-state index in [4.69, 9.17) is 21.3 Å². The van der Waals surface area contributed by atoms with Gasteiger partial charge in [-0.25, -0.2) is 4.39 Å². The third-order valence-corrected chi connectivity index (χ3v) is 8.61. The van der Waals surface area contributed by atoms with Crippen molar-refractivity contribution in [3.63, 3.8) is 0 Å². The fraction of sp³-hybridized carbons (Fsp3) is 0.406. The van der Waals surface area contributed by atoms with Gasteiger partial charge in [0.1, 0.15) is 17.9 Å². The summed E-state index contributed by atoms with van der Waals surface area (Å²) in [4.78, 5) is 41.6. The van der Waals surface area contributed by atoms with Crippen molar-refractivity contribution in [3.05, 3.63) is 53.0 Å². The monoisotopic (exact) mass is 634 g/mol. The smallest absolute Gasteiger partial charge is 0.319 e. The molecule has 2 saturated heterocycles. The molecule has 6 rings (SSSR count). The van der Waals surface area contributed by atoms with Gasteiger partial charge in [0.05, 0.1) is 23.3 Å². The van der Waals surface area contributed by atoms with Crippen LogP contribution in [0.15, 0.2) is 36.5 Å². The number of likely N-dealkylation sites (N-methyl/N-ethyl adjacent to an activating group) is 1. The number of nitrogens with zero attached hydrogens (tertiary/aromatic N) is 7. The highest BCUT2D eigenvalue weighted by Gasteiger charge is 2.27. The van der Waals surface area contributed by atoms with Gasteiger partial charge < -0.3 is 24.3 Å². The third kappa shape index (κ3) is 6.30. The summed E-state index contributed by atoms with van der Waals surface area (Å²) in [6.07, 6.45) is 6.47. The van der Waals surface area contributed by atoms with Crippen molar-refractivity contribution in [2.45, 2.75) is 19.8 Å². The number of hydrogen-bond acceptors (Lipinski definition) is 8. The molecule has 2 aromatic heterocycles. The van der Waals surface area contributed by atoms with Crippen LogP contribution in [-0.4, -0.2) is 113 Å². The van der Waals surface area contributed by atoms with E-state index in [1.54, 1.807) is 28.1 Å². The number of benzene rings is 2. The molecule has 1 N–H and O–H groups in total. The summed E-state index contributed by atoms with van der Waals surface area (Å²) >= 11 is 6.86. The Hall–Kier alpha value is -4.29. The number of amides is 2. The minimum atomic E-state index is -0.586. The second-order valence-electron chi connectivity index (χ2n) is 11.7. The van der Waals surface area contributed by atoms with Gasteiger partial charge in [0, 0.05) is 73.7 Å². The fourth-order valence-corrected chi connectivity index (χ4v) is 6.24. The number of H-pyrrole nitrogens is 1. The highest BCUT2D eigenvalue weighted by atomic mass is 35.5. The number of aromatic amines is 1. The predicted octanol–water partition coefficient (Wildman–Crippen LogP) is 4.04. The van der Waals surface area contributed by atoms with Crippen LogP contribution in [0.25, 0.3) is 32.9 Å². The van der Waals surface area contributed by atoms with Gasteiger partial charge in [0.2, 0.25) is 11.8 Å². The lowest BCUT2D eigenvalue weighted by Crippen LogP contribution is -2.48. The summed E-state index contributed by atoms with van der Waals surface area (Å²) in [6.45, 7) is 5.75. The van der Waals surface area contributed by atoms with Gasteiger partial charge in [-0.2, -0.15) is 15.1 Å². The predicted molar refractivity (Wildman–Crippen MR) is 172 cm³/mol. The average Bonchev–Trinajstić information content (AvgIpc) is 3.67. The molecule has 2 aliphatic heterocycles. The maximum atomic E-state index is 16.7. The zero-order valence-electron chi connectivity index (χ0n) is 25.6. The highest BCUT2D eigenvalue weighted by Crippen LogP contribution is 2.42. The van der Waals surface area contributed by atoms with E-state index in [1.165, 1.54) is 0 Å². The molecule has 4 aromatic rings. The molecule has 2 fully saturated rings. The summed E-state index contributed by atoms with van der Waals surface area (Å²) in [5, 5.41) is 8.51. The quantitative estimate of drug-likeness (QED) is 0.275. The molecule has 0 atom stereocenters. The van der Waals surface area contributed by atoms with Crippen molar-refractivity contribution < 1.29 is 18.7 Å². The molecule has 0 saturated carbocycles. The van der Waals surface area contributed by atoms with E-state index in [9.17, 15) is 9.59 Å². The first kappa shape index (κ1) is 30.7. The lowest BCUT2D eigenvalue weighted by atomic mass is 9.95. The maximum absolute atomic E-state index is 16.7. The Balaban J connectivity index is 1.36. The number of anilines is 1. The van der Waals surface area contributed by atoms with E-state index in [1.807, 2.05) is 49.0 Å². The van der Waals surface area contributed by atoms with Crippen LogP contribution < -0.4 is 9.64 Å². The van der Waals surface area contributed by atoms with Crippen LogP contribution in [0.4, 0.5) is 10.2 Å². The van der Waals surface area contributed by atoms with E-state index in [0.717, 1.165) is 22.9 Å². The number of aromatic nitrogens is 4. The molecule has 13 heteroatoms. The first-order chi connectivity index (χ1) is 21.7. The Labute approximate surface area is 265 Å². The first-order valence-corrected chi connectivity index (χ1v) is 15.5. The van der Waals surface area contributed by atoms with Crippen molar-refractivity contribution >= 4 is 51.0 Å². The Morgan fingerprint density at radius 2 is 1.93 bits per heavy atom. The Bertz CT molecular complexity index is 1780. The molecule has 45 heavy (non-hydrogen) atoms. The minimum Gasteiger partial charge on any atom is -0.462 e. The standard InChI is InChI=1S/C32H36ClFN8O3/c1-20-8-9-24-22(19-35-38-24)27(20)28-23(33)18-21-30(29(28)34)36-32(45-17-16-40-11-5-7-25(40)43)37-31(21)42-14-12-41(13-15-42)26(44)6-4-10-39(2)3/h4,6,8-9,18-19H,5,7,10-17H2,1-3H3,(H,35,38). The zero-order valence-corrected chi connectivity index (χ0v) is 26.4. The fourth-order valence-electron chi connectivity index (χ4n) is 5.95. The van der Waals surface area contributed by atoms with Crippen molar-refractivity contribution in [2.75, 3.05) is 71.4 Å². The highest BCUT2D eigenvalue weighted by molar-refractivity contribution is 6.35. The Morgan fingerprint density at radius 3 is 2.67 bits per heavy atom. The number of aryl methyl sites for hydroxylation is 1. The van der Waals surface area contributed by atoms with E-state index >= 15 is 4.39 Å². The molecule has 0 spiro atoms. The number of nitrogens with one attached hydrogen (secondary N) is 1. The van der Waals surface area contributed by atoms with Gasteiger partial charge in [0.15, 0.2) is 5.82 Å². The summed E-state index contributed by atoms with van der Waals surface area (Å²) in [5.41, 5.74) is 2.54. The number of carbonyl (C=O) groups is 2. The largest absolute Gasteiger partial charge is 0.462 e. The SMILES string of the molecule is Cc1ccc2[nH]ncc2c1-c1c(Cl)cc2c(N3CCN(C(=O)C=CCN(C)C)CC3)nc(OCCN3CCCC3=O)nc2c1F. The van der Waals surface area contributed by atoms with Crippen LogP contribution in [0.5, 0.6) is 6.01 Å². The molecule has 2 aliphatic rings. The van der Waals surface area contributed by atoms with E-state index in [0.29, 0.717) is 69.0 Å². The number of hydrogen-bond donors (Lipinski definition) is 1. The molecule has 2 aromatic carbocycles. The third-order valence-electron chi connectivity index (χ3n) is 8.31. The number of ether oxygens (including phenoxy) is 1. The van der Waals surface area contributed by atoms with Crippen LogP contribution in [0, 0.1) is 12.7 Å². The summed E-state index contributed by atoms with van der Waals surface area (Å²) in [6, 6.07) is 5.51. The van der Waals surface area contributed by atoms with Crippen molar-refractivity contribution in [3.8, 4) is 17.1 Å². The molecule has 11 nitrogen and oxygen atoms in total. The van der Waals surface area contributed by atoms with E-state index in [2.05, 4.69) is 15.2 Å². The van der Waals surface area contributed by atoms with Gasteiger partial charge in [-0.1, -0.05) is 23.7 Å². The number of fused-ring (bicyclic) bond motifs is 2. The Morgan fingerprint density at radius 1 is 1.13 bits per heavy atom. The number of piperazine rings is 1. The summed E-state index contributed by atoms with van der Waals surface area (Å²) < 4.78 is 22.7. The van der Waals surface area contributed by atoms with Gasteiger partial charge in [0.25, 0.3) is 0 Å². The van der Waals surface area contributed by atoms with Crippen LogP contribution in [0.1, 0.15) is 18.4 Å². The van der Waals surface area contributed by atoms with E-state index in [-0.39, 0.29) is 40.5 Å². The van der Waals surface area contributed by atoms with Crippen LogP contribution >= 0.6 is 11.6 Å². The average molecular weight is 635 g/mol. The second kappa shape index (κ2) is 13.0. The molecule has 0 unspecified atom stereocenters. The molecule has 0 aliphatic carbocycles. The van der Waals surface area contributed by atoms with Crippen molar-refractivity contribution in [1.82, 2.24) is 34.9 Å². The van der Waals surface area contributed by atoms with Gasteiger partial charge >= 0.3 is 6.01 Å². The minimum absolute atomic E-state index is 0.0136. The van der Waals surface area contributed by atoms with E-state index < -0.39 is 5.82 Å². The number of halogens is 2.